The van der Waals surface area contributed by atoms with Gasteiger partial charge in [-0.25, -0.2) is 9.59 Å². The maximum absolute atomic E-state index is 10.9. The number of hydrogen-bond acceptors (Lipinski definition) is 5. The van der Waals surface area contributed by atoms with Crippen LogP contribution < -0.4 is 0 Å². The van der Waals surface area contributed by atoms with Gasteiger partial charge in [-0.15, -0.1) is 6.42 Å². The lowest BCUT2D eigenvalue weighted by molar-refractivity contribution is -0.152. The highest BCUT2D eigenvalue weighted by Crippen LogP contribution is 1.96. The second kappa shape index (κ2) is 5.89. The molecule has 0 N–H and O–H groups in total. The minimum absolute atomic E-state index is 0.145. The van der Waals surface area contributed by atoms with Crippen LogP contribution in [-0.4, -0.2) is 31.9 Å². The van der Waals surface area contributed by atoms with Crippen LogP contribution in [0.15, 0.2) is 0 Å². The summed E-state index contributed by atoms with van der Waals surface area (Å²) in [6.45, 7) is 1.21. The Morgan fingerprint density at radius 2 is 2.15 bits per heavy atom. The number of terminal acetylenes is 1. The molecule has 72 valence electrons. The first-order valence-electron chi connectivity index (χ1n) is 3.46. The summed E-state index contributed by atoms with van der Waals surface area (Å²) in [5, 5.41) is 0. The van der Waals surface area contributed by atoms with Gasteiger partial charge in [0.1, 0.15) is 0 Å². The first-order chi connectivity index (χ1) is 6.11. The summed E-state index contributed by atoms with van der Waals surface area (Å²) in [4.78, 5) is 21.4. The van der Waals surface area contributed by atoms with Crippen LogP contribution in [0, 0.1) is 12.3 Å². The number of carbonyl (C=O) groups excluding carboxylic acids is 2. The SMILES string of the molecule is C#CCOC(=O)[C@@H](C)OC(=O)OC. The summed E-state index contributed by atoms with van der Waals surface area (Å²) >= 11 is 0. The molecule has 5 heteroatoms. The zero-order valence-electron chi connectivity index (χ0n) is 7.40. The van der Waals surface area contributed by atoms with Crippen molar-refractivity contribution in [1.29, 1.82) is 0 Å². The molecule has 0 aliphatic rings. The van der Waals surface area contributed by atoms with Crippen LogP contribution in [0.3, 0.4) is 0 Å². The Morgan fingerprint density at radius 3 is 2.62 bits per heavy atom. The normalized spacial score (nSPS) is 10.8. The Labute approximate surface area is 76.0 Å². The minimum Gasteiger partial charge on any atom is -0.450 e. The Morgan fingerprint density at radius 1 is 1.54 bits per heavy atom. The largest absolute Gasteiger partial charge is 0.508 e. The molecule has 0 unspecified atom stereocenters. The van der Waals surface area contributed by atoms with Gasteiger partial charge in [-0.3, -0.25) is 0 Å². The standard InChI is InChI=1S/C8H10O5/c1-4-5-12-7(9)6(2)13-8(10)11-3/h1,6H,5H2,2-3H3/t6-/m1/s1. The van der Waals surface area contributed by atoms with Crippen molar-refractivity contribution in [3.63, 3.8) is 0 Å². The number of ether oxygens (including phenoxy) is 3. The van der Waals surface area contributed by atoms with E-state index in [1.165, 1.54) is 6.92 Å². The number of hydrogen-bond donors (Lipinski definition) is 0. The molecular formula is C8H10O5. The average molecular weight is 186 g/mol. The zero-order valence-corrected chi connectivity index (χ0v) is 7.40. The van der Waals surface area contributed by atoms with Crippen LogP contribution in [0.5, 0.6) is 0 Å². The number of esters is 1. The van der Waals surface area contributed by atoms with Crippen molar-refractivity contribution in [3.05, 3.63) is 0 Å². The van der Waals surface area contributed by atoms with Gasteiger partial charge >= 0.3 is 12.1 Å². The van der Waals surface area contributed by atoms with Gasteiger partial charge in [0, 0.05) is 0 Å². The van der Waals surface area contributed by atoms with Crippen LogP contribution in [-0.2, 0) is 19.0 Å². The number of carbonyl (C=O) groups is 2. The van der Waals surface area contributed by atoms with Crippen LogP contribution >= 0.6 is 0 Å². The lowest BCUT2D eigenvalue weighted by Crippen LogP contribution is -2.26. The van der Waals surface area contributed by atoms with E-state index in [2.05, 4.69) is 20.1 Å². The van der Waals surface area contributed by atoms with Crippen LogP contribution in [0.1, 0.15) is 6.92 Å². The van der Waals surface area contributed by atoms with Crippen molar-refractivity contribution in [2.45, 2.75) is 13.0 Å². The first kappa shape index (κ1) is 11.3. The summed E-state index contributed by atoms with van der Waals surface area (Å²) in [5.74, 6) is 1.40. The van der Waals surface area contributed by atoms with E-state index in [1.807, 2.05) is 0 Å². The van der Waals surface area contributed by atoms with E-state index in [0.29, 0.717) is 0 Å². The molecular weight excluding hydrogens is 176 g/mol. The highest BCUT2D eigenvalue weighted by Gasteiger charge is 2.18. The van der Waals surface area contributed by atoms with Gasteiger partial charge in [-0.1, -0.05) is 5.92 Å². The van der Waals surface area contributed by atoms with Crippen molar-refractivity contribution < 1.29 is 23.8 Å². The van der Waals surface area contributed by atoms with E-state index < -0.39 is 18.2 Å². The van der Waals surface area contributed by atoms with Crippen molar-refractivity contribution >= 4 is 12.1 Å². The first-order valence-corrected chi connectivity index (χ1v) is 3.46. The third-order valence-electron chi connectivity index (χ3n) is 1.07. The molecule has 0 aliphatic carbocycles. The Kier molecular flexibility index (Phi) is 5.12. The van der Waals surface area contributed by atoms with E-state index in [1.54, 1.807) is 0 Å². The van der Waals surface area contributed by atoms with E-state index in [9.17, 15) is 9.59 Å². The fraction of sp³-hybridized carbons (Fsp3) is 0.500. The molecule has 0 spiro atoms. The number of rotatable bonds is 3. The van der Waals surface area contributed by atoms with Crippen molar-refractivity contribution in [2.75, 3.05) is 13.7 Å². The Balaban J connectivity index is 3.83. The molecule has 0 radical (unpaired) electrons. The predicted octanol–water partition coefficient (Wildman–Crippen LogP) is 0.334. The highest BCUT2D eigenvalue weighted by molar-refractivity contribution is 5.77. The van der Waals surface area contributed by atoms with Crippen LogP contribution in [0.4, 0.5) is 4.79 Å². The van der Waals surface area contributed by atoms with Crippen molar-refractivity contribution in [2.24, 2.45) is 0 Å². The minimum atomic E-state index is -1.01. The maximum Gasteiger partial charge on any atom is 0.508 e. The summed E-state index contributed by atoms with van der Waals surface area (Å²) in [6, 6.07) is 0. The Hall–Kier alpha value is -1.70. The average Bonchev–Trinajstić information content (AvgIpc) is 2.13. The number of methoxy groups -OCH3 is 1. The molecule has 0 rings (SSSR count). The topological polar surface area (TPSA) is 61.8 Å². The summed E-state index contributed by atoms with van der Waals surface area (Å²) in [7, 11) is 1.14. The molecule has 13 heavy (non-hydrogen) atoms. The summed E-state index contributed by atoms with van der Waals surface area (Å²) < 4.78 is 13.1. The summed E-state index contributed by atoms with van der Waals surface area (Å²) in [5.41, 5.74) is 0. The quantitative estimate of drug-likeness (QED) is 0.469. The third kappa shape index (κ3) is 4.69. The van der Waals surface area contributed by atoms with Crippen LogP contribution in [0.25, 0.3) is 0 Å². The van der Waals surface area contributed by atoms with Crippen molar-refractivity contribution in [1.82, 2.24) is 0 Å². The molecule has 0 heterocycles. The lowest BCUT2D eigenvalue weighted by Gasteiger charge is -2.09. The maximum atomic E-state index is 10.9. The Bertz CT molecular complexity index is 227. The molecule has 5 nitrogen and oxygen atoms in total. The van der Waals surface area contributed by atoms with Crippen LogP contribution in [0.2, 0.25) is 0 Å². The molecule has 0 saturated heterocycles. The zero-order chi connectivity index (χ0) is 10.3. The molecule has 0 bridgehead atoms. The second-order valence-electron chi connectivity index (χ2n) is 2.03. The van der Waals surface area contributed by atoms with E-state index in [0.717, 1.165) is 7.11 Å². The van der Waals surface area contributed by atoms with Gasteiger partial charge in [0.15, 0.2) is 12.7 Å². The molecule has 0 aromatic heterocycles. The molecule has 0 fully saturated rings. The fourth-order valence-electron chi connectivity index (χ4n) is 0.471. The van der Waals surface area contributed by atoms with E-state index in [4.69, 9.17) is 6.42 Å². The smallest absolute Gasteiger partial charge is 0.450 e. The molecule has 0 saturated carbocycles. The molecule has 0 amide bonds. The molecule has 0 aliphatic heterocycles. The predicted molar refractivity (Wildman–Crippen MR) is 42.7 cm³/mol. The van der Waals surface area contributed by atoms with Gasteiger partial charge < -0.3 is 14.2 Å². The fourth-order valence-corrected chi connectivity index (χ4v) is 0.471. The van der Waals surface area contributed by atoms with Gasteiger partial charge in [0.2, 0.25) is 0 Å². The lowest BCUT2D eigenvalue weighted by atomic mass is 10.4. The van der Waals surface area contributed by atoms with Crippen molar-refractivity contribution in [3.8, 4) is 12.3 Å². The molecule has 0 aromatic carbocycles. The summed E-state index contributed by atoms with van der Waals surface area (Å²) in [6.07, 6.45) is 2.89. The second-order valence-corrected chi connectivity index (χ2v) is 2.03. The molecule has 0 aromatic rings. The van der Waals surface area contributed by atoms with E-state index >= 15 is 0 Å². The van der Waals surface area contributed by atoms with Gasteiger partial charge in [-0.2, -0.15) is 0 Å². The third-order valence-corrected chi connectivity index (χ3v) is 1.07. The molecule has 1 atom stereocenters. The van der Waals surface area contributed by atoms with Gasteiger partial charge in [0.05, 0.1) is 7.11 Å². The highest BCUT2D eigenvalue weighted by atomic mass is 16.7. The van der Waals surface area contributed by atoms with Gasteiger partial charge in [-0.05, 0) is 6.92 Å². The van der Waals surface area contributed by atoms with Gasteiger partial charge in [0.25, 0.3) is 0 Å². The van der Waals surface area contributed by atoms with E-state index in [-0.39, 0.29) is 6.61 Å². The monoisotopic (exact) mass is 186 g/mol.